The van der Waals surface area contributed by atoms with Crippen molar-refractivity contribution < 1.29 is 0 Å². The van der Waals surface area contributed by atoms with E-state index in [1.165, 1.54) is 22.1 Å². The van der Waals surface area contributed by atoms with Gasteiger partial charge in [-0.1, -0.05) is 36.4 Å². The van der Waals surface area contributed by atoms with Crippen molar-refractivity contribution in [3.63, 3.8) is 0 Å². The zero-order chi connectivity index (χ0) is 13.4. The molecule has 1 aromatic heterocycles. The van der Waals surface area contributed by atoms with Gasteiger partial charge in [-0.3, -0.25) is 10.00 Å². The van der Waals surface area contributed by atoms with Crippen molar-refractivity contribution >= 4 is 10.9 Å². The molecule has 20 heavy (non-hydrogen) atoms. The number of fused-ring (bicyclic) bond motifs is 2. The average molecular weight is 263 g/mol. The van der Waals surface area contributed by atoms with Gasteiger partial charge in [-0.25, -0.2) is 0 Å². The monoisotopic (exact) mass is 263 g/mol. The summed E-state index contributed by atoms with van der Waals surface area (Å²) < 4.78 is 0. The van der Waals surface area contributed by atoms with E-state index in [0.717, 1.165) is 31.6 Å². The van der Waals surface area contributed by atoms with Crippen LogP contribution in [0.15, 0.2) is 48.7 Å². The van der Waals surface area contributed by atoms with E-state index in [2.05, 4.69) is 57.6 Å². The highest BCUT2D eigenvalue weighted by Crippen LogP contribution is 2.21. The van der Waals surface area contributed by atoms with Gasteiger partial charge in [-0.2, -0.15) is 5.10 Å². The Labute approximate surface area is 118 Å². The predicted molar refractivity (Wildman–Crippen MR) is 80.4 cm³/mol. The van der Waals surface area contributed by atoms with Gasteiger partial charge >= 0.3 is 0 Å². The molecule has 0 radical (unpaired) electrons. The van der Waals surface area contributed by atoms with Crippen LogP contribution >= 0.6 is 0 Å². The molecule has 0 aliphatic carbocycles. The van der Waals surface area contributed by atoms with Crippen molar-refractivity contribution in [2.75, 3.05) is 6.54 Å². The van der Waals surface area contributed by atoms with Gasteiger partial charge in [0.15, 0.2) is 0 Å². The molecule has 1 aliphatic heterocycles. The van der Waals surface area contributed by atoms with Crippen molar-refractivity contribution in [2.24, 2.45) is 0 Å². The molecule has 1 N–H and O–H groups in total. The normalized spacial score (nSPS) is 15.4. The van der Waals surface area contributed by atoms with Gasteiger partial charge in [0.1, 0.15) is 0 Å². The first-order valence-electron chi connectivity index (χ1n) is 7.10. The number of rotatable bonds is 2. The molecule has 100 valence electrons. The lowest BCUT2D eigenvalue weighted by molar-refractivity contribution is 0.245. The van der Waals surface area contributed by atoms with Crippen LogP contribution in [0.1, 0.15) is 16.7 Å². The second-order valence-corrected chi connectivity index (χ2v) is 5.52. The summed E-state index contributed by atoms with van der Waals surface area (Å²) in [4.78, 5) is 2.51. The Balaban J connectivity index is 1.55. The number of aromatic nitrogens is 2. The van der Waals surface area contributed by atoms with Crippen LogP contribution in [0.3, 0.4) is 0 Å². The van der Waals surface area contributed by atoms with E-state index in [1.807, 2.05) is 6.20 Å². The lowest BCUT2D eigenvalue weighted by atomic mass is 9.99. The Kier molecular flexibility index (Phi) is 2.78. The van der Waals surface area contributed by atoms with Gasteiger partial charge in [0.05, 0.1) is 11.7 Å². The average Bonchev–Trinajstić information content (AvgIpc) is 2.95. The second-order valence-electron chi connectivity index (χ2n) is 5.52. The maximum Gasteiger partial charge on any atom is 0.0653 e. The third-order valence-corrected chi connectivity index (χ3v) is 4.12. The Morgan fingerprint density at radius 1 is 1.10 bits per heavy atom. The van der Waals surface area contributed by atoms with E-state index in [-0.39, 0.29) is 0 Å². The molecule has 1 aliphatic rings. The van der Waals surface area contributed by atoms with Crippen LogP contribution in [-0.4, -0.2) is 21.6 Å². The topological polar surface area (TPSA) is 31.9 Å². The van der Waals surface area contributed by atoms with Gasteiger partial charge in [0, 0.05) is 25.0 Å². The second kappa shape index (κ2) is 4.76. The summed E-state index contributed by atoms with van der Waals surface area (Å²) in [6.07, 6.45) is 3.03. The van der Waals surface area contributed by atoms with Gasteiger partial charge in [0.2, 0.25) is 0 Å². The van der Waals surface area contributed by atoms with E-state index in [0.29, 0.717) is 0 Å². The van der Waals surface area contributed by atoms with Crippen LogP contribution in [0.4, 0.5) is 0 Å². The van der Waals surface area contributed by atoms with Crippen LogP contribution in [0, 0.1) is 0 Å². The molecule has 2 heterocycles. The van der Waals surface area contributed by atoms with Crippen LogP contribution in [0.25, 0.3) is 10.9 Å². The zero-order valence-electron chi connectivity index (χ0n) is 11.3. The number of aromatic amines is 1. The maximum atomic E-state index is 4.08. The molecule has 3 heteroatoms. The van der Waals surface area contributed by atoms with E-state index in [1.54, 1.807) is 0 Å². The largest absolute Gasteiger partial charge is 0.294 e. The molecule has 0 saturated carbocycles. The van der Waals surface area contributed by atoms with Crippen molar-refractivity contribution in [3.05, 3.63) is 65.4 Å². The minimum absolute atomic E-state index is 1.00. The quantitative estimate of drug-likeness (QED) is 0.770. The summed E-state index contributed by atoms with van der Waals surface area (Å²) in [5.74, 6) is 0. The summed E-state index contributed by atoms with van der Waals surface area (Å²) in [6, 6.07) is 15.3. The van der Waals surface area contributed by atoms with Crippen LogP contribution in [0.2, 0.25) is 0 Å². The fourth-order valence-electron chi connectivity index (χ4n) is 3.03. The summed E-state index contributed by atoms with van der Waals surface area (Å²) in [5.41, 5.74) is 5.45. The molecular formula is C17H17N3. The number of hydrogen-bond donors (Lipinski definition) is 1. The number of benzene rings is 2. The lowest BCUT2D eigenvalue weighted by Gasteiger charge is -2.28. The number of nitrogens with zero attached hydrogens (tertiary/aromatic N) is 2. The molecule has 0 amide bonds. The van der Waals surface area contributed by atoms with Crippen molar-refractivity contribution in [3.8, 4) is 0 Å². The fraction of sp³-hybridized carbons (Fsp3) is 0.235. The molecule has 0 fully saturated rings. The Bertz CT molecular complexity index is 745. The molecule has 0 saturated heterocycles. The SMILES string of the molecule is c1ccc2c(c1)CCN(Cc1ccc3cn[nH]c3c1)C2. The first-order valence-corrected chi connectivity index (χ1v) is 7.10. The molecule has 0 spiro atoms. The fourth-order valence-corrected chi connectivity index (χ4v) is 3.03. The minimum Gasteiger partial charge on any atom is -0.294 e. The van der Waals surface area contributed by atoms with Crippen molar-refractivity contribution in [1.82, 2.24) is 15.1 Å². The molecule has 0 unspecified atom stereocenters. The van der Waals surface area contributed by atoms with Crippen LogP contribution in [0.5, 0.6) is 0 Å². The summed E-state index contributed by atoms with van der Waals surface area (Å²) in [7, 11) is 0. The lowest BCUT2D eigenvalue weighted by Crippen LogP contribution is -2.29. The summed E-state index contributed by atoms with van der Waals surface area (Å²) in [5, 5.41) is 8.30. The van der Waals surface area contributed by atoms with E-state index in [4.69, 9.17) is 0 Å². The highest BCUT2D eigenvalue weighted by molar-refractivity contribution is 5.78. The van der Waals surface area contributed by atoms with E-state index >= 15 is 0 Å². The molecule has 0 bridgehead atoms. The zero-order valence-corrected chi connectivity index (χ0v) is 11.3. The molecule has 4 rings (SSSR count). The van der Waals surface area contributed by atoms with Gasteiger partial charge < -0.3 is 0 Å². The van der Waals surface area contributed by atoms with Gasteiger partial charge in [-0.05, 0) is 29.2 Å². The standard InChI is InChI=1S/C17H17N3/c1-2-4-16-12-20(8-7-14(16)3-1)11-13-5-6-15-10-18-19-17(15)9-13/h1-6,9-10H,7-8,11-12H2,(H,18,19). The molecule has 0 atom stereocenters. The molecule has 2 aromatic carbocycles. The Hall–Kier alpha value is -2.13. The predicted octanol–water partition coefficient (Wildman–Crippen LogP) is 3.12. The Morgan fingerprint density at radius 3 is 2.95 bits per heavy atom. The van der Waals surface area contributed by atoms with Gasteiger partial charge in [0.25, 0.3) is 0 Å². The third kappa shape index (κ3) is 2.10. The highest BCUT2D eigenvalue weighted by Gasteiger charge is 2.15. The van der Waals surface area contributed by atoms with E-state index in [9.17, 15) is 0 Å². The smallest absolute Gasteiger partial charge is 0.0653 e. The van der Waals surface area contributed by atoms with E-state index < -0.39 is 0 Å². The molecule has 3 nitrogen and oxygen atoms in total. The molecular weight excluding hydrogens is 246 g/mol. The summed E-state index contributed by atoms with van der Waals surface area (Å²) in [6.45, 7) is 3.19. The third-order valence-electron chi connectivity index (χ3n) is 4.12. The summed E-state index contributed by atoms with van der Waals surface area (Å²) >= 11 is 0. The molecule has 3 aromatic rings. The van der Waals surface area contributed by atoms with Gasteiger partial charge in [-0.15, -0.1) is 0 Å². The highest BCUT2D eigenvalue weighted by atomic mass is 15.1. The maximum absolute atomic E-state index is 4.08. The number of nitrogens with one attached hydrogen (secondary N) is 1. The number of hydrogen-bond acceptors (Lipinski definition) is 2. The van der Waals surface area contributed by atoms with Crippen LogP contribution < -0.4 is 0 Å². The van der Waals surface area contributed by atoms with Crippen molar-refractivity contribution in [1.29, 1.82) is 0 Å². The Morgan fingerprint density at radius 2 is 2.00 bits per heavy atom. The minimum atomic E-state index is 1.00. The number of H-pyrrole nitrogens is 1. The van der Waals surface area contributed by atoms with Crippen LogP contribution in [-0.2, 0) is 19.5 Å². The first kappa shape index (κ1) is 11.7. The first-order chi connectivity index (χ1) is 9.88. The van der Waals surface area contributed by atoms with Crippen molar-refractivity contribution in [2.45, 2.75) is 19.5 Å².